The molecule has 20 heavy (non-hydrogen) atoms. The molecule has 0 bridgehead atoms. The fourth-order valence-electron chi connectivity index (χ4n) is 0.637. The quantitative estimate of drug-likeness (QED) is 0.742. The van der Waals surface area contributed by atoms with E-state index in [-0.39, 0.29) is 26.7 Å². The van der Waals surface area contributed by atoms with E-state index in [0.717, 1.165) is 0 Å². The Kier molecular flexibility index (Phi) is 22.9. The van der Waals surface area contributed by atoms with Gasteiger partial charge in [-0.25, -0.2) is 0 Å². The number of hydrogen-bond acceptors (Lipinski definition) is 3. The summed E-state index contributed by atoms with van der Waals surface area (Å²) in [6, 6.07) is 8.48. The van der Waals surface area contributed by atoms with Crippen LogP contribution in [0.2, 0.25) is 0 Å². The number of nitrogens with one attached hydrogen (secondary N) is 1. The van der Waals surface area contributed by atoms with Crippen LogP contribution < -0.4 is 5.32 Å². The van der Waals surface area contributed by atoms with Gasteiger partial charge in [-0.05, 0) is 13.8 Å². The monoisotopic (exact) mass is 285 g/mol. The lowest BCUT2D eigenvalue weighted by atomic mass is 10.2. The lowest BCUT2D eigenvalue weighted by Gasteiger charge is -1.90. The number of esters is 1. The highest BCUT2D eigenvalue weighted by atomic mass is 16.5. The molecule has 0 aliphatic carbocycles. The zero-order valence-electron chi connectivity index (χ0n) is 12.0. The Balaban J connectivity index is -0.0000000960. The van der Waals surface area contributed by atoms with Crippen molar-refractivity contribution in [2.75, 3.05) is 14.2 Å². The van der Waals surface area contributed by atoms with Crippen molar-refractivity contribution >= 4 is 11.9 Å². The second kappa shape index (κ2) is 17.2. The van der Waals surface area contributed by atoms with E-state index >= 15 is 0 Å². The number of rotatable bonds is 0. The van der Waals surface area contributed by atoms with Gasteiger partial charge in [0.25, 0.3) is 0 Å². The molecule has 0 aliphatic heterocycles. The standard InChI is InChI=1S/C8H10.C3H7NO.C3H6O2.2CH4/c1-7-3-5-8(2)6-4-7;1-3(5)4-2;1-3(4)5-2;;/h3-6H,1-2H3;1-2H3,(H,4,5);1-2H3;2*1H4. The van der Waals surface area contributed by atoms with Crippen LogP contribution in [0.3, 0.4) is 0 Å². The van der Waals surface area contributed by atoms with Gasteiger partial charge in [-0.3, -0.25) is 9.59 Å². The van der Waals surface area contributed by atoms with Gasteiger partial charge in [0.1, 0.15) is 0 Å². The van der Waals surface area contributed by atoms with Gasteiger partial charge < -0.3 is 10.1 Å². The normalized spacial score (nSPS) is 7.10. The molecule has 118 valence electrons. The van der Waals surface area contributed by atoms with E-state index < -0.39 is 0 Å². The summed E-state index contributed by atoms with van der Waals surface area (Å²) in [5.41, 5.74) is 2.66. The minimum atomic E-state index is -0.245. The van der Waals surface area contributed by atoms with E-state index in [1.165, 1.54) is 32.1 Å². The van der Waals surface area contributed by atoms with E-state index in [1.807, 2.05) is 0 Å². The number of amides is 1. The SMILES string of the molecule is C.C.CNC(C)=O.COC(C)=O.Cc1ccc(C)cc1. The highest BCUT2D eigenvalue weighted by Crippen LogP contribution is 1.99. The molecule has 0 aromatic heterocycles. The van der Waals surface area contributed by atoms with Gasteiger partial charge in [-0.15, -0.1) is 0 Å². The molecule has 4 heteroatoms. The summed E-state index contributed by atoms with van der Waals surface area (Å²) < 4.78 is 4.11. The summed E-state index contributed by atoms with van der Waals surface area (Å²) in [7, 11) is 2.95. The van der Waals surface area contributed by atoms with Crippen LogP contribution in [0, 0.1) is 13.8 Å². The summed E-state index contributed by atoms with van der Waals surface area (Å²) in [4.78, 5) is 19.3. The Labute approximate surface area is 124 Å². The maximum absolute atomic E-state index is 9.70. The summed E-state index contributed by atoms with van der Waals surface area (Å²) in [5.74, 6) is -0.241. The molecule has 4 nitrogen and oxygen atoms in total. The van der Waals surface area contributed by atoms with Gasteiger partial charge in [-0.1, -0.05) is 50.2 Å². The highest BCUT2D eigenvalue weighted by molar-refractivity contribution is 5.72. The summed E-state index contributed by atoms with van der Waals surface area (Å²) in [6.45, 7) is 7.03. The molecule has 0 radical (unpaired) electrons. The van der Waals surface area contributed by atoms with Crippen molar-refractivity contribution < 1.29 is 14.3 Å². The van der Waals surface area contributed by atoms with Gasteiger partial charge in [0.05, 0.1) is 7.11 Å². The van der Waals surface area contributed by atoms with Crippen molar-refractivity contribution in [2.24, 2.45) is 0 Å². The maximum Gasteiger partial charge on any atom is 0.302 e. The van der Waals surface area contributed by atoms with Crippen LogP contribution in [-0.4, -0.2) is 26.0 Å². The van der Waals surface area contributed by atoms with Crippen LogP contribution in [-0.2, 0) is 14.3 Å². The molecule has 0 spiro atoms. The fraction of sp³-hybridized carbons (Fsp3) is 0.500. The summed E-state index contributed by atoms with van der Waals surface area (Å²) >= 11 is 0. The van der Waals surface area contributed by atoms with Crippen molar-refractivity contribution in [3.63, 3.8) is 0 Å². The lowest BCUT2D eigenvalue weighted by molar-refractivity contribution is -0.137. The Morgan fingerprint density at radius 3 is 1.25 bits per heavy atom. The molecule has 1 aromatic rings. The molecule has 0 heterocycles. The summed E-state index contributed by atoms with van der Waals surface area (Å²) in [6.07, 6.45) is 0. The Bertz CT molecular complexity index is 310. The third kappa shape index (κ3) is 25.1. The van der Waals surface area contributed by atoms with Crippen molar-refractivity contribution in [1.82, 2.24) is 5.32 Å². The van der Waals surface area contributed by atoms with Crippen LogP contribution in [0.4, 0.5) is 0 Å². The van der Waals surface area contributed by atoms with Gasteiger partial charge >= 0.3 is 5.97 Å². The van der Waals surface area contributed by atoms with Crippen molar-refractivity contribution in [3.05, 3.63) is 35.4 Å². The van der Waals surface area contributed by atoms with Crippen molar-refractivity contribution in [3.8, 4) is 0 Å². The molecular weight excluding hydrogens is 254 g/mol. The van der Waals surface area contributed by atoms with Gasteiger partial charge in [-0.2, -0.15) is 0 Å². The van der Waals surface area contributed by atoms with Crippen molar-refractivity contribution in [1.29, 1.82) is 0 Å². The minimum Gasteiger partial charge on any atom is -0.469 e. The zero-order chi connectivity index (χ0) is 14.6. The number of hydrogen-bond donors (Lipinski definition) is 1. The average molecular weight is 285 g/mol. The van der Waals surface area contributed by atoms with Crippen molar-refractivity contribution in [2.45, 2.75) is 42.5 Å². The maximum atomic E-state index is 9.70. The number of ether oxygens (including phenoxy) is 1. The number of aryl methyl sites for hydroxylation is 2. The molecule has 1 N–H and O–H groups in total. The topological polar surface area (TPSA) is 55.4 Å². The van der Waals surface area contributed by atoms with Crippen LogP contribution in [0.5, 0.6) is 0 Å². The molecule has 0 saturated heterocycles. The first kappa shape index (κ1) is 26.7. The largest absolute Gasteiger partial charge is 0.469 e. The number of methoxy groups -OCH3 is 1. The zero-order valence-corrected chi connectivity index (χ0v) is 12.0. The predicted molar refractivity (Wildman–Crippen MR) is 86.8 cm³/mol. The van der Waals surface area contributed by atoms with E-state index in [4.69, 9.17) is 0 Å². The highest BCUT2D eigenvalue weighted by Gasteiger charge is 1.79. The van der Waals surface area contributed by atoms with Crippen LogP contribution in [0.1, 0.15) is 39.8 Å². The van der Waals surface area contributed by atoms with Crippen LogP contribution >= 0.6 is 0 Å². The average Bonchev–Trinajstić information content (AvgIpc) is 2.34. The second-order valence-corrected chi connectivity index (χ2v) is 3.66. The second-order valence-electron chi connectivity index (χ2n) is 3.66. The smallest absolute Gasteiger partial charge is 0.302 e. The predicted octanol–water partition coefficient (Wildman–Crippen LogP) is 3.51. The van der Waals surface area contributed by atoms with E-state index in [2.05, 4.69) is 48.2 Å². The molecule has 0 fully saturated rings. The molecule has 0 aliphatic rings. The summed E-state index contributed by atoms with van der Waals surface area (Å²) in [5, 5.41) is 2.39. The number of carbonyl (C=O) groups excluding carboxylic acids is 2. The van der Waals surface area contributed by atoms with E-state index in [0.29, 0.717) is 0 Å². The molecular formula is C16H31NO3. The molecule has 0 atom stereocenters. The minimum absolute atomic E-state index is 0. The molecule has 1 rings (SSSR count). The fourth-order valence-corrected chi connectivity index (χ4v) is 0.637. The first-order chi connectivity index (χ1) is 8.33. The molecule has 0 unspecified atom stereocenters. The number of carbonyl (C=O) groups is 2. The first-order valence-corrected chi connectivity index (χ1v) is 5.59. The Morgan fingerprint density at radius 2 is 1.15 bits per heavy atom. The lowest BCUT2D eigenvalue weighted by Crippen LogP contribution is -2.11. The number of benzene rings is 1. The molecule has 1 amide bonds. The third-order valence-electron chi connectivity index (χ3n) is 1.86. The first-order valence-electron chi connectivity index (χ1n) is 5.59. The Morgan fingerprint density at radius 1 is 0.950 bits per heavy atom. The van der Waals surface area contributed by atoms with Crippen LogP contribution in [0.25, 0.3) is 0 Å². The van der Waals surface area contributed by atoms with Gasteiger partial charge in [0.15, 0.2) is 0 Å². The van der Waals surface area contributed by atoms with E-state index in [1.54, 1.807) is 7.05 Å². The van der Waals surface area contributed by atoms with E-state index in [9.17, 15) is 9.59 Å². The van der Waals surface area contributed by atoms with Crippen LogP contribution in [0.15, 0.2) is 24.3 Å². The Hall–Kier alpha value is -1.84. The van der Waals surface area contributed by atoms with Gasteiger partial charge in [0, 0.05) is 20.9 Å². The molecule has 0 saturated carbocycles. The van der Waals surface area contributed by atoms with Gasteiger partial charge in [0.2, 0.25) is 5.91 Å². The third-order valence-corrected chi connectivity index (χ3v) is 1.86. The molecule has 1 aromatic carbocycles.